The van der Waals surface area contributed by atoms with E-state index in [1.54, 1.807) is 6.08 Å². The Morgan fingerprint density at radius 1 is 1.50 bits per heavy atom. The van der Waals surface area contributed by atoms with E-state index in [1.165, 1.54) is 0 Å². The van der Waals surface area contributed by atoms with Crippen LogP contribution in [-0.4, -0.2) is 11.1 Å². The first-order valence-corrected chi connectivity index (χ1v) is 3.66. The Balaban J connectivity index is 2.83. The number of hydrogen-bond donors (Lipinski definition) is 1. The molecule has 0 aliphatic carbocycles. The molecule has 0 amide bonds. The Morgan fingerprint density at radius 2 is 2.25 bits per heavy atom. The maximum absolute atomic E-state index is 10.2. The van der Waals surface area contributed by atoms with Crippen molar-refractivity contribution in [3.05, 3.63) is 41.5 Å². The number of benzene rings is 1. The van der Waals surface area contributed by atoms with E-state index in [0.717, 1.165) is 17.2 Å². The third-order valence-electron chi connectivity index (χ3n) is 1.46. The molecule has 62 valence electrons. The molecule has 0 aromatic heterocycles. The van der Waals surface area contributed by atoms with E-state index in [4.69, 9.17) is 5.11 Å². The first kappa shape index (κ1) is 8.53. The van der Waals surface area contributed by atoms with Crippen LogP contribution < -0.4 is 0 Å². The predicted octanol–water partition coefficient (Wildman–Crippen LogP) is 2.09. The van der Waals surface area contributed by atoms with Gasteiger partial charge in [0.05, 0.1) is 0 Å². The van der Waals surface area contributed by atoms with Gasteiger partial charge in [-0.1, -0.05) is 29.8 Å². The van der Waals surface area contributed by atoms with Gasteiger partial charge in [-0.2, -0.15) is 0 Å². The van der Waals surface area contributed by atoms with Crippen LogP contribution in [0.4, 0.5) is 0 Å². The van der Waals surface area contributed by atoms with Crippen molar-refractivity contribution in [2.24, 2.45) is 0 Å². The molecule has 0 saturated heterocycles. The van der Waals surface area contributed by atoms with Crippen LogP contribution in [0.1, 0.15) is 11.1 Å². The second-order valence-electron chi connectivity index (χ2n) is 2.59. The zero-order valence-corrected chi connectivity index (χ0v) is 6.82. The monoisotopic (exact) mass is 162 g/mol. The Bertz CT molecular complexity index is 313. The van der Waals surface area contributed by atoms with E-state index < -0.39 is 5.97 Å². The van der Waals surface area contributed by atoms with Gasteiger partial charge in [0, 0.05) is 6.08 Å². The first-order chi connectivity index (χ1) is 5.68. The van der Waals surface area contributed by atoms with Gasteiger partial charge >= 0.3 is 5.97 Å². The van der Waals surface area contributed by atoms with Gasteiger partial charge in [0.2, 0.25) is 0 Å². The predicted molar refractivity (Wildman–Crippen MR) is 47.8 cm³/mol. The van der Waals surface area contributed by atoms with E-state index in [2.05, 4.69) is 0 Å². The SMILES string of the molecule is Cc1cccc(/C=C/C(=O)O)c1. The summed E-state index contributed by atoms with van der Waals surface area (Å²) in [6.07, 6.45) is 2.71. The smallest absolute Gasteiger partial charge is 0.328 e. The van der Waals surface area contributed by atoms with E-state index >= 15 is 0 Å². The van der Waals surface area contributed by atoms with Crippen molar-refractivity contribution in [2.45, 2.75) is 6.92 Å². The van der Waals surface area contributed by atoms with Crippen molar-refractivity contribution < 1.29 is 9.90 Å². The highest BCUT2D eigenvalue weighted by Gasteiger charge is 1.89. The minimum Gasteiger partial charge on any atom is -0.478 e. The van der Waals surface area contributed by atoms with Crippen LogP contribution in [0.2, 0.25) is 0 Å². The standard InChI is InChI=1S/C10H10O2/c1-8-3-2-4-9(7-8)5-6-10(11)12/h2-7H,1H3,(H,11,12)/b6-5+. The Labute approximate surface area is 71.2 Å². The normalized spacial score (nSPS) is 10.4. The summed E-state index contributed by atoms with van der Waals surface area (Å²) in [5.74, 6) is -0.920. The third kappa shape index (κ3) is 2.58. The maximum atomic E-state index is 10.2. The topological polar surface area (TPSA) is 37.3 Å². The lowest BCUT2D eigenvalue weighted by molar-refractivity contribution is -0.131. The van der Waals surface area contributed by atoms with Gasteiger partial charge in [0.25, 0.3) is 0 Å². The fourth-order valence-electron chi connectivity index (χ4n) is 0.941. The number of carboxylic acid groups (broad SMARTS) is 1. The van der Waals surface area contributed by atoms with Crippen LogP contribution in [0.25, 0.3) is 6.08 Å². The summed E-state index contributed by atoms with van der Waals surface area (Å²) in [6.45, 7) is 1.97. The second-order valence-corrected chi connectivity index (χ2v) is 2.59. The third-order valence-corrected chi connectivity index (χ3v) is 1.46. The lowest BCUT2D eigenvalue weighted by Crippen LogP contribution is -1.85. The summed E-state index contributed by atoms with van der Waals surface area (Å²) in [4.78, 5) is 10.2. The van der Waals surface area contributed by atoms with Crippen LogP contribution in [0.15, 0.2) is 30.3 Å². The van der Waals surface area contributed by atoms with Crippen molar-refractivity contribution >= 4 is 12.0 Å². The quantitative estimate of drug-likeness (QED) is 0.676. The molecule has 2 nitrogen and oxygen atoms in total. The van der Waals surface area contributed by atoms with Crippen LogP contribution in [0.5, 0.6) is 0 Å². The van der Waals surface area contributed by atoms with Gasteiger partial charge in [0.15, 0.2) is 0 Å². The van der Waals surface area contributed by atoms with E-state index in [-0.39, 0.29) is 0 Å². The zero-order valence-electron chi connectivity index (χ0n) is 6.82. The number of aryl methyl sites for hydroxylation is 1. The molecule has 1 aromatic rings. The second kappa shape index (κ2) is 3.72. The van der Waals surface area contributed by atoms with Gasteiger partial charge in [-0.15, -0.1) is 0 Å². The molecular formula is C10H10O2. The molecule has 0 radical (unpaired) electrons. The molecule has 1 N–H and O–H groups in total. The van der Waals surface area contributed by atoms with Crippen molar-refractivity contribution in [3.63, 3.8) is 0 Å². The minimum atomic E-state index is -0.920. The molecule has 0 fully saturated rings. The molecule has 0 unspecified atom stereocenters. The van der Waals surface area contributed by atoms with Crippen molar-refractivity contribution in [1.82, 2.24) is 0 Å². The van der Waals surface area contributed by atoms with E-state index in [0.29, 0.717) is 0 Å². The summed E-state index contributed by atoms with van der Waals surface area (Å²) in [7, 11) is 0. The average Bonchev–Trinajstić information content (AvgIpc) is 2.01. The molecule has 1 rings (SSSR count). The Morgan fingerprint density at radius 3 is 2.83 bits per heavy atom. The Kier molecular flexibility index (Phi) is 2.64. The highest BCUT2D eigenvalue weighted by molar-refractivity contribution is 5.85. The number of carbonyl (C=O) groups is 1. The Hall–Kier alpha value is -1.57. The van der Waals surface area contributed by atoms with Crippen molar-refractivity contribution in [2.75, 3.05) is 0 Å². The minimum absolute atomic E-state index is 0.914. The van der Waals surface area contributed by atoms with Crippen LogP contribution >= 0.6 is 0 Å². The molecule has 0 saturated carbocycles. The summed E-state index contributed by atoms with van der Waals surface area (Å²) in [5.41, 5.74) is 2.04. The van der Waals surface area contributed by atoms with Gasteiger partial charge in [0.1, 0.15) is 0 Å². The molecule has 0 aliphatic rings. The number of rotatable bonds is 2. The van der Waals surface area contributed by atoms with Gasteiger partial charge < -0.3 is 5.11 Å². The van der Waals surface area contributed by atoms with Crippen LogP contribution in [-0.2, 0) is 4.79 Å². The fraction of sp³-hybridized carbons (Fsp3) is 0.100. The summed E-state index contributed by atoms with van der Waals surface area (Å²) >= 11 is 0. The first-order valence-electron chi connectivity index (χ1n) is 3.66. The zero-order chi connectivity index (χ0) is 8.97. The molecule has 0 aliphatic heterocycles. The molecule has 2 heteroatoms. The molecule has 0 heterocycles. The van der Waals surface area contributed by atoms with E-state index in [1.807, 2.05) is 31.2 Å². The molecule has 0 bridgehead atoms. The van der Waals surface area contributed by atoms with Gasteiger partial charge in [-0.25, -0.2) is 4.79 Å². The van der Waals surface area contributed by atoms with Crippen molar-refractivity contribution in [1.29, 1.82) is 0 Å². The summed E-state index contributed by atoms with van der Waals surface area (Å²) in [6, 6.07) is 7.67. The highest BCUT2D eigenvalue weighted by atomic mass is 16.4. The van der Waals surface area contributed by atoms with Gasteiger partial charge in [-0.05, 0) is 18.6 Å². The number of carboxylic acids is 1. The maximum Gasteiger partial charge on any atom is 0.328 e. The highest BCUT2D eigenvalue weighted by Crippen LogP contribution is 2.05. The summed E-state index contributed by atoms with van der Waals surface area (Å²) in [5, 5.41) is 8.36. The summed E-state index contributed by atoms with van der Waals surface area (Å²) < 4.78 is 0. The average molecular weight is 162 g/mol. The van der Waals surface area contributed by atoms with Crippen molar-refractivity contribution in [3.8, 4) is 0 Å². The fourth-order valence-corrected chi connectivity index (χ4v) is 0.941. The largest absolute Gasteiger partial charge is 0.478 e. The lowest BCUT2D eigenvalue weighted by atomic mass is 10.1. The molecule has 12 heavy (non-hydrogen) atoms. The van der Waals surface area contributed by atoms with Crippen LogP contribution in [0, 0.1) is 6.92 Å². The number of hydrogen-bond acceptors (Lipinski definition) is 1. The van der Waals surface area contributed by atoms with E-state index in [9.17, 15) is 4.79 Å². The van der Waals surface area contributed by atoms with Crippen LogP contribution in [0.3, 0.4) is 0 Å². The molecule has 0 spiro atoms. The lowest BCUT2D eigenvalue weighted by Gasteiger charge is -1.93. The molecule has 1 aromatic carbocycles. The molecule has 0 atom stereocenters. The van der Waals surface area contributed by atoms with Gasteiger partial charge in [-0.3, -0.25) is 0 Å². The number of aliphatic carboxylic acids is 1. The molecular weight excluding hydrogens is 152 g/mol.